The van der Waals surface area contributed by atoms with E-state index >= 15 is 0 Å². The minimum atomic E-state index is -0.454. The van der Waals surface area contributed by atoms with Crippen LogP contribution in [-0.4, -0.2) is 34.7 Å². The third-order valence-electron chi connectivity index (χ3n) is 3.38. The van der Waals surface area contributed by atoms with E-state index in [0.29, 0.717) is 10.0 Å². The molecule has 0 bridgehead atoms. The highest BCUT2D eigenvalue weighted by molar-refractivity contribution is 7.18. The monoisotopic (exact) mass is 284 g/mol. The van der Waals surface area contributed by atoms with Crippen LogP contribution in [0, 0.1) is 0 Å². The van der Waals surface area contributed by atoms with Crippen molar-refractivity contribution in [1.82, 2.24) is 10.3 Å². The first-order valence-electron chi connectivity index (χ1n) is 6.54. The first-order valence-corrected chi connectivity index (χ1v) is 7.35. The van der Waals surface area contributed by atoms with E-state index in [0.717, 1.165) is 32.2 Å². The summed E-state index contributed by atoms with van der Waals surface area (Å²) in [6, 6.07) is 0. The Morgan fingerprint density at radius 1 is 1.58 bits per heavy atom. The number of hydrogen-bond donors (Lipinski definition) is 4. The number of anilines is 2. The predicted octanol–water partition coefficient (Wildman–Crippen LogP) is 1.19. The van der Waals surface area contributed by atoms with Crippen LogP contribution in [0.5, 0.6) is 0 Å². The fraction of sp³-hybridized carbons (Fsp3) is 0.667. The molecule has 106 valence electrons. The highest BCUT2D eigenvalue weighted by Crippen LogP contribution is 2.33. The molecule has 6 nitrogen and oxygen atoms in total. The fourth-order valence-electron chi connectivity index (χ4n) is 2.03. The van der Waals surface area contributed by atoms with Crippen LogP contribution >= 0.6 is 11.3 Å². The molecule has 0 spiro atoms. The molecule has 2 rings (SSSR count). The Labute approximate surface area is 116 Å². The lowest BCUT2D eigenvalue weighted by atomic mass is 9.77. The summed E-state index contributed by atoms with van der Waals surface area (Å²) < 4.78 is 0. The summed E-state index contributed by atoms with van der Waals surface area (Å²) >= 11 is 1.25. The van der Waals surface area contributed by atoms with Crippen LogP contribution in [0.1, 0.15) is 42.3 Å². The number of amides is 1. The van der Waals surface area contributed by atoms with Gasteiger partial charge in [0.1, 0.15) is 10.7 Å². The van der Waals surface area contributed by atoms with Gasteiger partial charge in [0.15, 0.2) is 5.13 Å². The molecule has 1 aliphatic rings. The van der Waals surface area contributed by atoms with E-state index in [2.05, 4.69) is 22.5 Å². The Bertz CT molecular complexity index is 451. The highest BCUT2D eigenvalue weighted by Gasteiger charge is 2.38. The number of nitrogens with two attached hydrogens (primary N) is 1. The van der Waals surface area contributed by atoms with Gasteiger partial charge in [0, 0.05) is 6.54 Å². The van der Waals surface area contributed by atoms with Crippen LogP contribution in [0.3, 0.4) is 0 Å². The van der Waals surface area contributed by atoms with Crippen molar-refractivity contribution in [2.24, 2.45) is 0 Å². The molecule has 5 N–H and O–H groups in total. The van der Waals surface area contributed by atoms with Crippen LogP contribution in [0.4, 0.5) is 10.9 Å². The number of nitrogen functional groups attached to an aromatic ring is 1. The Kier molecular flexibility index (Phi) is 4.26. The molecule has 1 fully saturated rings. The van der Waals surface area contributed by atoms with Gasteiger partial charge in [0.25, 0.3) is 5.91 Å². The van der Waals surface area contributed by atoms with Crippen LogP contribution in [-0.2, 0) is 0 Å². The average Bonchev–Trinajstić information content (AvgIpc) is 2.72. The van der Waals surface area contributed by atoms with Gasteiger partial charge in [0.2, 0.25) is 0 Å². The molecule has 1 aliphatic carbocycles. The first kappa shape index (κ1) is 14.1. The molecule has 0 unspecified atom stereocenters. The van der Waals surface area contributed by atoms with Crippen molar-refractivity contribution in [2.45, 2.75) is 38.1 Å². The maximum Gasteiger partial charge on any atom is 0.265 e. The lowest BCUT2D eigenvalue weighted by Crippen LogP contribution is -2.56. The van der Waals surface area contributed by atoms with Gasteiger partial charge in [-0.25, -0.2) is 4.98 Å². The molecule has 0 aliphatic heterocycles. The molecule has 0 radical (unpaired) electrons. The number of carbonyl (C=O) groups excluding carboxylic acids is 1. The molecular weight excluding hydrogens is 264 g/mol. The predicted molar refractivity (Wildman–Crippen MR) is 76.4 cm³/mol. The summed E-state index contributed by atoms with van der Waals surface area (Å²) in [5.41, 5.74) is 5.32. The zero-order valence-electron chi connectivity index (χ0n) is 11.0. The molecule has 7 heteroatoms. The average molecular weight is 284 g/mol. The molecule has 19 heavy (non-hydrogen) atoms. The molecular formula is C12H20N4O2S. The van der Waals surface area contributed by atoms with E-state index < -0.39 is 5.54 Å². The van der Waals surface area contributed by atoms with Gasteiger partial charge >= 0.3 is 0 Å². The maximum absolute atomic E-state index is 12.2. The molecule has 1 saturated carbocycles. The SMILES string of the molecule is CCCNc1nc(N)c(C(=O)NC2(CO)CCC2)s1. The number of aromatic nitrogens is 1. The summed E-state index contributed by atoms with van der Waals surface area (Å²) in [5.74, 6) is 0.00168. The second-order valence-electron chi connectivity index (χ2n) is 4.91. The minimum absolute atomic E-state index is 0.0294. The summed E-state index contributed by atoms with van der Waals surface area (Å²) in [6.07, 6.45) is 3.64. The second-order valence-corrected chi connectivity index (χ2v) is 5.91. The summed E-state index contributed by atoms with van der Waals surface area (Å²) in [4.78, 5) is 16.7. The normalized spacial score (nSPS) is 16.7. The molecule has 0 saturated heterocycles. The van der Waals surface area contributed by atoms with Gasteiger partial charge < -0.3 is 21.5 Å². The van der Waals surface area contributed by atoms with Crippen molar-refractivity contribution in [2.75, 3.05) is 24.2 Å². The third-order valence-corrected chi connectivity index (χ3v) is 4.41. The fourth-order valence-corrected chi connectivity index (χ4v) is 2.83. The Morgan fingerprint density at radius 3 is 2.84 bits per heavy atom. The smallest absolute Gasteiger partial charge is 0.265 e. The lowest BCUT2D eigenvalue weighted by Gasteiger charge is -2.40. The van der Waals surface area contributed by atoms with Crippen LogP contribution in [0.15, 0.2) is 0 Å². The van der Waals surface area contributed by atoms with E-state index in [1.54, 1.807) is 0 Å². The van der Waals surface area contributed by atoms with Crippen molar-refractivity contribution in [1.29, 1.82) is 0 Å². The van der Waals surface area contributed by atoms with Gasteiger partial charge in [-0.3, -0.25) is 4.79 Å². The Balaban J connectivity index is 2.04. The van der Waals surface area contributed by atoms with E-state index in [1.165, 1.54) is 11.3 Å². The molecule has 1 aromatic rings. The van der Waals surface area contributed by atoms with Crippen LogP contribution < -0.4 is 16.4 Å². The van der Waals surface area contributed by atoms with Crippen molar-refractivity contribution < 1.29 is 9.90 Å². The number of aliphatic hydroxyl groups is 1. The number of aliphatic hydroxyl groups excluding tert-OH is 1. The number of thiazole rings is 1. The lowest BCUT2D eigenvalue weighted by molar-refractivity contribution is 0.0645. The molecule has 0 atom stereocenters. The van der Waals surface area contributed by atoms with Gasteiger partial charge in [-0.2, -0.15) is 0 Å². The summed E-state index contributed by atoms with van der Waals surface area (Å²) in [5, 5.41) is 16.0. The maximum atomic E-state index is 12.2. The molecule has 1 heterocycles. The van der Waals surface area contributed by atoms with Crippen LogP contribution in [0.2, 0.25) is 0 Å². The number of nitrogens with zero attached hydrogens (tertiary/aromatic N) is 1. The second kappa shape index (κ2) is 5.75. The van der Waals surface area contributed by atoms with E-state index in [9.17, 15) is 9.90 Å². The van der Waals surface area contributed by atoms with Crippen molar-refractivity contribution in [3.8, 4) is 0 Å². The van der Waals surface area contributed by atoms with Gasteiger partial charge in [-0.1, -0.05) is 18.3 Å². The highest BCUT2D eigenvalue weighted by atomic mass is 32.1. The van der Waals surface area contributed by atoms with Gasteiger partial charge in [0.05, 0.1) is 12.1 Å². The van der Waals surface area contributed by atoms with E-state index in [-0.39, 0.29) is 18.3 Å². The zero-order valence-corrected chi connectivity index (χ0v) is 11.8. The topological polar surface area (TPSA) is 100 Å². The molecule has 0 aromatic carbocycles. The first-order chi connectivity index (χ1) is 9.10. The standard InChI is InChI=1S/C12H20N4O2S/c1-2-6-14-11-15-9(13)8(19-11)10(18)16-12(7-17)4-3-5-12/h17H,2-7,13H2,1H3,(H,14,15)(H,16,18). The van der Waals surface area contributed by atoms with Crippen molar-refractivity contribution >= 4 is 28.2 Å². The number of nitrogens with one attached hydrogen (secondary N) is 2. The Hall–Kier alpha value is -1.34. The van der Waals surface area contributed by atoms with Crippen molar-refractivity contribution in [3.63, 3.8) is 0 Å². The minimum Gasteiger partial charge on any atom is -0.394 e. The number of carbonyl (C=O) groups is 1. The third kappa shape index (κ3) is 2.98. The zero-order chi connectivity index (χ0) is 13.9. The van der Waals surface area contributed by atoms with Crippen LogP contribution in [0.25, 0.3) is 0 Å². The Morgan fingerprint density at radius 2 is 2.32 bits per heavy atom. The van der Waals surface area contributed by atoms with Gasteiger partial charge in [-0.15, -0.1) is 0 Å². The summed E-state index contributed by atoms with van der Waals surface area (Å²) in [6.45, 7) is 2.83. The number of hydrogen-bond acceptors (Lipinski definition) is 6. The number of rotatable bonds is 6. The van der Waals surface area contributed by atoms with Crippen molar-refractivity contribution in [3.05, 3.63) is 4.88 Å². The quantitative estimate of drug-likeness (QED) is 0.629. The molecule has 1 amide bonds. The molecule has 1 aromatic heterocycles. The van der Waals surface area contributed by atoms with E-state index in [1.807, 2.05) is 0 Å². The largest absolute Gasteiger partial charge is 0.394 e. The van der Waals surface area contributed by atoms with E-state index in [4.69, 9.17) is 5.73 Å². The summed E-state index contributed by atoms with van der Waals surface area (Å²) in [7, 11) is 0. The van der Waals surface area contributed by atoms with Gasteiger partial charge in [-0.05, 0) is 25.7 Å².